The molecule has 0 aliphatic carbocycles. The number of H-pyrrole nitrogens is 2. The Hall–Kier alpha value is -7.10. The predicted molar refractivity (Wildman–Crippen MR) is 229 cm³/mol. The van der Waals surface area contributed by atoms with Gasteiger partial charge in [-0.1, -0.05) is 62.4 Å². The lowest BCUT2D eigenvalue weighted by atomic mass is 10.0. The van der Waals surface area contributed by atoms with Gasteiger partial charge < -0.3 is 39.9 Å². The Morgan fingerprint density at radius 1 is 0.742 bits per heavy atom. The van der Waals surface area contributed by atoms with E-state index < -0.39 is 30.1 Å². The van der Waals surface area contributed by atoms with Gasteiger partial charge in [-0.15, -0.1) is 0 Å². The molecule has 6 aromatic rings. The quantitative estimate of drug-likeness (QED) is 0.102. The Balaban J connectivity index is 0.961. The number of nitrogens with one attached hydrogen (secondary N) is 4. The molecule has 2 saturated heterocycles. The van der Waals surface area contributed by atoms with Crippen molar-refractivity contribution in [1.29, 1.82) is 0 Å². The lowest BCUT2D eigenvalue weighted by Gasteiger charge is -2.30. The van der Waals surface area contributed by atoms with Crippen LogP contribution in [0.4, 0.5) is 14.0 Å². The first-order valence-corrected chi connectivity index (χ1v) is 20.7. The smallest absolute Gasteiger partial charge is 0.407 e. The number of likely N-dealkylation sites (tertiary alicyclic amines) is 2. The molecule has 16 heteroatoms. The fraction of sp³-hybridized carbons (Fsp3) is 0.326. The van der Waals surface area contributed by atoms with Gasteiger partial charge in [-0.25, -0.2) is 28.9 Å². The minimum atomic E-state index is -0.913. The van der Waals surface area contributed by atoms with Gasteiger partial charge in [0.25, 0.3) is 5.91 Å². The number of nitrogens with zero attached hydrogens (tertiary/aromatic N) is 5. The van der Waals surface area contributed by atoms with Crippen LogP contribution >= 0.6 is 0 Å². The maximum atomic E-state index is 15.9. The van der Waals surface area contributed by atoms with E-state index in [4.69, 9.17) is 14.5 Å². The SMILES string of the molecule is COC(=O)NC(C(=O)N1CCCC1c1ncc(-c2ccc3nc(-c4ccc(-c5cnc(C6CCCN6C(=O)C(NC(=O)OC)C(C)C)[nH]5)cc4F)ccc3c2)[nH]1)c1ccccc1. The molecule has 0 radical (unpaired) electrons. The Bertz CT molecular complexity index is 2610. The van der Waals surface area contributed by atoms with Crippen LogP contribution < -0.4 is 10.6 Å². The number of pyridine rings is 1. The summed E-state index contributed by atoms with van der Waals surface area (Å²) in [7, 11) is 2.53. The fourth-order valence-corrected chi connectivity index (χ4v) is 8.42. The molecule has 4 amide bonds. The number of imidazole rings is 2. The van der Waals surface area contributed by atoms with Gasteiger partial charge in [0, 0.05) is 35.2 Å². The molecule has 3 aromatic heterocycles. The molecule has 4 unspecified atom stereocenters. The zero-order valence-corrected chi connectivity index (χ0v) is 34.9. The highest BCUT2D eigenvalue weighted by atomic mass is 19.1. The van der Waals surface area contributed by atoms with E-state index in [1.165, 1.54) is 20.3 Å². The Kier molecular flexibility index (Phi) is 12.0. The molecule has 2 fully saturated rings. The van der Waals surface area contributed by atoms with E-state index >= 15 is 4.39 Å². The van der Waals surface area contributed by atoms with Crippen LogP contribution in [0.25, 0.3) is 44.7 Å². The van der Waals surface area contributed by atoms with Gasteiger partial charge in [0.2, 0.25) is 5.91 Å². The third-order valence-corrected chi connectivity index (χ3v) is 11.7. The van der Waals surface area contributed by atoms with Crippen LogP contribution in [0.2, 0.25) is 0 Å². The van der Waals surface area contributed by atoms with Gasteiger partial charge >= 0.3 is 12.2 Å². The third-order valence-electron chi connectivity index (χ3n) is 11.7. The molecule has 0 bridgehead atoms. The summed E-state index contributed by atoms with van der Waals surface area (Å²) in [6.45, 7) is 4.77. The number of ether oxygens (including phenoxy) is 2. The largest absolute Gasteiger partial charge is 0.453 e. The van der Waals surface area contributed by atoms with E-state index in [2.05, 4.69) is 30.6 Å². The Morgan fingerprint density at radius 2 is 1.34 bits per heavy atom. The highest BCUT2D eigenvalue weighted by Gasteiger charge is 2.39. The van der Waals surface area contributed by atoms with Crippen molar-refractivity contribution in [2.75, 3.05) is 27.3 Å². The summed E-state index contributed by atoms with van der Waals surface area (Å²) in [5.41, 5.74) is 5.00. The van der Waals surface area contributed by atoms with Crippen LogP contribution in [-0.2, 0) is 19.1 Å². The lowest BCUT2D eigenvalue weighted by Crippen LogP contribution is -2.51. The minimum Gasteiger partial charge on any atom is -0.453 e. The van der Waals surface area contributed by atoms with Crippen LogP contribution in [-0.4, -0.2) is 92.1 Å². The first kappa shape index (κ1) is 41.6. The summed E-state index contributed by atoms with van der Waals surface area (Å²) in [6, 6.07) is 21.2. The molecule has 8 rings (SSSR count). The van der Waals surface area contributed by atoms with E-state index in [0.717, 1.165) is 29.5 Å². The monoisotopic (exact) mass is 841 g/mol. The van der Waals surface area contributed by atoms with Crippen LogP contribution in [0.15, 0.2) is 91.3 Å². The second-order valence-corrected chi connectivity index (χ2v) is 15.9. The van der Waals surface area contributed by atoms with Gasteiger partial charge in [-0.2, -0.15) is 0 Å². The number of fused-ring (bicyclic) bond motifs is 1. The van der Waals surface area contributed by atoms with Crippen LogP contribution in [0, 0.1) is 11.7 Å². The minimum absolute atomic E-state index is 0.156. The maximum absolute atomic E-state index is 15.9. The van der Waals surface area contributed by atoms with E-state index in [1.807, 2.05) is 62.4 Å². The predicted octanol–water partition coefficient (Wildman–Crippen LogP) is 7.63. The third kappa shape index (κ3) is 8.44. The summed E-state index contributed by atoms with van der Waals surface area (Å²) >= 11 is 0. The van der Waals surface area contributed by atoms with Crippen molar-refractivity contribution in [3.63, 3.8) is 0 Å². The van der Waals surface area contributed by atoms with Crippen molar-refractivity contribution >= 4 is 34.9 Å². The number of aromatic nitrogens is 5. The van der Waals surface area contributed by atoms with E-state index in [1.54, 1.807) is 46.5 Å². The number of benzene rings is 3. The first-order valence-electron chi connectivity index (χ1n) is 20.7. The Labute approximate surface area is 357 Å². The number of amides is 4. The number of hydrogen-bond acceptors (Lipinski definition) is 9. The zero-order valence-electron chi connectivity index (χ0n) is 34.9. The van der Waals surface area contributed by atoms with Gasteiger partial charge in [0.1, 0.15) is 29.5 Å². The van der Waals surface area contributed by atoms with Gasteiger partial charge in [0.05, 0.1) is 61.3 Å². The molecule has 4 N–H and O–H groups in total. The van der Waals surface area contributed by atoms with Crippen molar-refractivity contribution in [3.05, 3.63) is 114 Å². The zero-order chi connectivity index (χ0) is 43.5. The highest BCUT2D eigenvalue weighted by molar-refractivity contribution is 5.89. The molecule has 2 aliphatic rings. The normalized spacial score (nSPS) is 17.3. The average Bonchev–Trinajstić information content (AvgIpc) is 4.14. The number of carbonyl (C=O) groups excluding carboxylic acids is 4. The molecule has 5 heterocycles. The second kappa shape index (κ2) is 17.9. The van der Waals surface area contributed by atoms with Crippen LogP contribution in [0.5, 0.6) is 0 Å². The van der Waals surface area contributed by atoms with Gasteiger partial charge in [-0.05, 0) is 67.5 Å². The maximum Gasteiger partial charge on any atom is 0.407 e. The van der Waals surface area contributed by atoms with Gasteiger partial charge in [0.15, 0.2) is 0 Å². The topological polar surface area (TPSA) is 188 Å². The van der Waals surface area contributed by atoms with Crippen molar-refractivity contribution < 1.29 is 33.0 Å². The number of rotatable bonds is 11. The molecule has 3 aromatic carbocycles. The number of alkyl carbamates (subject to hydrolysis) is 2. The number of aromatic amines is 2. The number of hydrogen-bond donors (Lipinski definition) is 4. The molecule has 0 saturated carbocycles. The van der Waals surface area contributed by atoms with Crippen molar-refractivity contribution in [2.45, 2.75) is 63.7 Å². The van der Waals surface area contributed by atoms with Crippen LogP contribution in [0.1, 0.15) is 74.9 Å². The second-order valence-electron chi connectivity index (χ2n) is 15.9. The Morgan fingerprint density at radius 3 is 1.95 bits per heavy atom. The molecule has 4 atom stereocenters. The summed E-state index contributed by atoms with van der Waals surface area (Å²) in [4.78, 5) is 76.0. The first-order chi connectivity index (χ1) is 30.0. The number of halogens is 1. The molecule has 2 aliphatic heterocycles. The van der Waals surface area contributed by atoms with Crippen molar-refractivity contribution in [1.82, 2.24) is 45.4 Å². The van der Waals surface area contributed by atoms with Crippen molar-refractivity contribution in [3.8, 4) is 33.8 Å². The molecular formula is C46H48FN9O6. The number of methoxy groups -OCH3 is 2. The molecule has 320 valence electrons. The average molecular weight is 842 g/mol. The van der Waals surface area contributed by atoms with E-state index in [0.29, 0.717) is 71.2 Å². The highest BCUT2D eigenvalue weighted by Crippen LogP contribution is 2.36. The molecule has 0 spiro atoms. The molecule has 62 heavy (non-hydrogen) atoms. The van der Waals surface area contributed by atoms with E-state index in [-0.39, 0.29) is 29.8 Å². The van der Waals surface area contributed by atoms with Gasteiger partial charge in [-0.3, -0.25) is 9.59 Å². The summed E-state index contributed by atoms with van der Waals surface area (Å²) in [5.74, 6) is 0.184. The standard InChI is InChI=1S/C46H48FN9O6/c1-26(2)39(53-45(59)61-3)43(57)55-20-8-12-37(55)41-49-25-36(52-41)30-14-17-31(32(47)23-30)34-19-16-28-22-29(15-18-33(28)50-34)35-24-48-42(51-35)38-13-9-21-56(38)44(58)40(54-46(60)62-4)27-10-6-5-7-11-27/h5-7,10-11,14-19,22-26,37-40H,8-9,12-13,20-21H2,1-4H3,(H,48,51)(H,49,52)(H,53,59)(H,54,60). The van der Waals surface area contributed by atoms with Crippen molar-refractivity contribution in [2.24, 2.45) is 5.92 Å². The summed E-state index contributed by atoms with van der Waals surface area (Å²) in [6.07, 6.45) is 5.00. The molecule has 15 nitrogen and oxygen atoms in total. The molecular weight excluding hydrogens is 794 g/mol. The number of carbonyl (C=O) groups is 4. The van der Waals surface area contributed by atoms with Crippen LogP contribution in [0.3, 0.4) is 0 Å². The fourth-order valence-electron chi connectivity index (χ4n) is 8.42. The summed E-state index contributed by atoms with van der Waals surface area (Å²) < 4.78 is 25.4. The summed E-state index contributed by atoms with van der Waals surface area (Å²) in [5, 5.41) is 6.20. The van der Waals surface area contributed by atoms with E-state index in [9.17, 15) is 19.2 Å². The lowest BCUT2D eigenvalue weighted by molar-refractivity contribution is -0.135.